The topological polar surface area (TPSA) is 154 Å². The third-order valence-corrected chi connectivity index (χ3v) is 2.39. The van der Waals surface area contributed by atoms with E-state index < -0.39 is 23.1 Å². The molecule has 0 heterocycles. The number of carbonyl (C=O) groups is 2. The molecule has 9 nitrogen and oxygen atoms in total. The average molecular weight is 443 g/mol. The number of esters is 2. The van der Waals surface area contributed by atoms with Crippen LogP contribution in [0, 0.1) is 0 Å². The molecule has 0 aliphatic carbocycles. The fourth-order valence-corrected chi connectivity index (χ4v) is 1.38. The van der Waals surface area contributed by atoms with Crippen LogP contribution in [-0.4, -0.2) is 43.0 Å². The van der Waals surface area contributed by atoms with Gasteiger partial charge in [-0.3, -0.25) is 0 Å². The van der Waals surface area contributed by atoms with Crippen molar-refractivity contribution in [2.24, 2.45) is 0 Å². The average Bonchev–Trinajstić information content (AvgIpc) is 2.70. The molecule has 2 aromatic rings. The van der Waals surface area contributed by atoms with Crippen LogP contribution < -0.4 is 29.6 Å². The van der Waals surface area contributed by atoms with Crippen LogP contribution in [0.2, 0.25) is 0 Å². The first-order valence-electron chi connectivity index (χ1n) is 6.77. The van der Waals surface area contributed by atoms with Crippen LogP contribution in [0.5, 0.6) is 0 Å². The molecule has 12 heteroatoms. The Morgan fingerprint density at radius 3 is 1.04 bits per heavy atom. The van der Waals surface area contributed by atoms with Gasteiger partial charge in [-0.2, -0.15) is 0 Å². The number of rotatable bonds is 2. The van der Waals surface area contributed by atoms with Crippen molar-refractivity contribution in [2.75, 3.05) is 14.2 Å². The van der Waals surface area contributed by atoms with Crippen molar-refractivity contribution in [1.29, 1.82) is 0 Å². The minimum atomic E-state index is -1.42. The Labute approximate surface area is 191 Å². The van der Waals surface area contributed by atoms with Gasteiger partial charge in [0.15, 0.2) is 0 Å². The molecule has 2 N–H and O–H groups in total. The quantitative estimate of drug-likeness (QED) is 0.391. The van der Waals surface area contributed by atoms with E-state index >= 15 is 0 Å². The molecule has 0 aliphatic rings. The van der Waals surface area contributed by atoms with E-state index in [1.807, 2.05) is 12.1 Å². The molecule has 0 fully saturated rings. The smallest absolute Gasteiger partial charge is 0.693 e. The summed E-state index contributed by atoms with van der Waals surface area (Å²) in [4.78, 5) is 21.6. The molecule has 0 spiro atoms. The molecule has 28 heavy (non-hydrogen) atoms. The second kappa shape index (κ2) is 25.2. The van der Waals surface area contributed by atoms with Crippen LogP contribution in [0.4, 0.5) is 0 Å². The standard InChI is InChI=1S/2C8H8O2.H2N.Na.2H2O2S/c2*1-10-8(9)7-5-3-2-4-6-7;;;2*1-3-2/h2*2-6H,1H3;1H2;;2*3H2/q;;-1;+1;;. The maximum Gasteiger partial charge on any atom is 1.00 e. The van der Waals surface area contributed by atoms with Crippen molar-refractivity contribution in [1.82, 2.24) is 0 Å². The van der Waals surface area contributed by atoms with E-state index in [1.54, 1.807) is 48.5 Å². The molecule has 0 unspecified atom stereocenters. The Morgan fingerprint density at radius 1 is 0.643 bits per heavy atom. The molecule has 0 aromatic heterocycles. The number of carbonyl (C=O) groups excluding carboxylic acids is 2. The molecular formula is C16H22NNaO8S2. The van der Waals surface area contributed by atoms with E-state index in [0.717, 1.165) is 0 Å². The van der Waals surface area contributed by atoms with Gasteiger partial charge >= 0.3 is 41.5 Å². The Morgan fingerprint density at radius 2 is 0.857 bits per heavy atom. The van der Waals surface area contributed by atoms with E-state index in [0.29, 0.717) is 11.1 Å². The van der Waals surface area contributed by atoms with Gasteiger partial charge < -0.3 is 15.6 Å². The summed E-state index contributed by atoms with van der Waals surface area (Å²) in [6.07, 6.45) is 0. The van der Waals surface area contributed by atoms with Crippen molar-refractivity contribution >= 4 is 35.1 Å². The molecule has 0 atom stereocenters. The minimum absolute atomic E-state index is 0. The second-order valence-corrected chi connectivity index (χ2v) is 4.22. The Bertz CT molecular complexity index is 656. The van der Waals surface area contributed by atoms with E-state index in [-0.39, 0.29) is 47.6 Å². The van der Waals surface area contributed by atoms with E-state index in [1.165, 1.54) is 14.2 Å². The summed E-state index contributed by atoms with van der Waals surface area (Å²) in [6.45, 7) is 0. The van der Waals surface area contributed by atoms with Gasteiger partial charge in [0.25, 0.3) is 0 Å². The van der Waals surface area contributed by atoms with Crippen molar-refractivity contribution < 1.29 is 65.5 Å². The third kappa shape index (κ3) is 19.0. The van der Waals surface area contributed by atoms with Gasteiger partial charge in [-0.1, -0.05) is 36.4 Å². The van der Waals surface area contributed by atoms with E-state index in [9.17, 15) is 9.59 Å². The predicted molar refractivity (Wildman–Crippen MR) is 104 cm³/mol. The summed E-state index contributed by atoms with van der Waals surface area (Å²) in [5, 5.41) is 0. The van der Waals surface area contributed by atoms with Crippen LogP contribution in [0.25, 0.3) is 6.15 Å². The first kappa shape index (κ1) is 33.8. The predicted octanol–water partition coefficient (Wildman–Crippen LogP) is -1.74. The molecule has 0 radical (unpaired) electrons. The zero-order valence-electron chi connectivity index (χ0n) is 15.6. The number of hydrogen-bond acceptors (Lipinski definition) is 8. The molecule has 152 valence electrons. The molecule has 0 amide bonds. The number of ether oxygens (including phenoxy) is 2. The Balaban J connectivity index is -0.000000153. The fourth-order valence-electron chi connectivity index (χ4n) is 1.38. The first-order chi connectivity index (χ1) is 12.5. The van der Waals surface area contributed by atoms with Gasteiger partial charge in [0, 0.05) is 0 Å². The van der Waals surface area contributed by atoms with Gasteiger partial charge in [0.1, 0.15) is 23.1 Å². The summed E-state index contributed by atoms with van der Waals surface area (Å²) in [6, 6.07) is 17.8. The van der Waals surface area contributed by atoms with Crippen LogP contribution >= 0.6 is 0 Å². The number of methoxy groups -OCH3 is 2. The van der Waals surface area contributed by atoms with Crippen LogP contribution in [0.15, 0.2) is 60.7 Å². The SMILES string of the molecule is COC(=O)c1ccccc1.COC(=O)c1ccccc1.O=[SH2]=O.O=[SH2]=O.[NH2-].[Na+]. The number of nitrogens with two attached hydrogens (primary N) is 1. The van der Waals surface area contributed by atoms with Crippen molar-refractivity contribution in [3.05, 3.63) is 77.9 Å². The number of benzene rings is 2. The zero-order valence-corrected chi connectivity index (χ0v) is 19.6. The largest absolute Gasteiger partial charge is 1.00 e. The van der Waals surface area contributed by atoms with Gasteiger partial charge in [-0.25, -0.2) is 26.4 Å². The van der Waals surface area contributed by atoms with Crippen LogP contribution in [0.1, 0.15) is 20.7 Å². The van der Waals surface area contributed by atoms with Crippen LogP contribution in [0.3, 0.4) is 0 Å². The molecule has 2 rings (SSSR count). The van der Waals surface area contributed by atoms with Crippen LogP contribution in [-0.2, 0) is 32.6 Å². The maximum absolute atomic E-state index is 10.8. The second-order valence-electron chi connectivity index (χ2n) is 3.88. The summed E-state index contributed by atoms with van der Waals surface area (Å²) >= 11 is -2.83. The molecule has 0 saturated carbocycles. The van der Waals surface area contributed by atoms with Crippen molar-refractivity contribution in [3.63, 3.8) is 0 Å². The Kier molecular flexibility index (Phi) is 30.5. The molecule has 0 aliphatic heterocycles. The van der Waals surface area contributed by atoms with Gasteiger partial charge in [-0.15, -0.1) is 0 Å². The molecule has 0 bridgehead atoms. The van der Waals surface area contributed by atoms with Crippen molar-refractivity contribution in [2.45, 2.75) is 0 Å². The normalized spacial score (nSPS) is 7.50. The van der Waals surface area contributed by atoms with Crippen molar-refractivity contribution in [3.8, 4) is 0 Å². The molecular weight excluding hydrogens is 421 g/mol. The van der Waals surface area contributed by atoms with Gasteiger partial charge in [0.05, 0.1) is 25.3 Å². The summed E-state index contributed by atoms with van der Waals surface area (Å²) in [5.74, 6) is -0.582. The first-order valence-corrected chi connectivity index (χ1v) is 8.40. The van der Waals surface area contributed by atoms with Gasteiger partial charge in [-0.05, 0) is 24.3 Å². The minimum Gasteiger partial charge on any atom is -0.693 e. The molecule has 0 saturated heterocycles. The maximum atomic E-state index is 10.8. The van der Waals surface area contributed by atoms with Gasteiger partial charge in [0.2, 0.25) is 0 Å². The summed E-state index contributed by atoms with van der Waals surface area (Å²) in [5.41, 5.74) is 1.18. The summed E-state index contributed by atoms with van der Waals surface area (Å²) < 4.78 is 42.6. The number of hydrogen-bond donors (Lipinski definition) is 0. The summed E-state index contributed by atoms with van der Waals surface area (Å²) in [7, 11) is 2.74. The zero-order chi connectivity index (χ0) is 20.2. The van der Waals surface area contributed by atoms with E-state index in [4.69, 9.17) is 16.8 Å². The third-order valence-electron chi connectivity index (χ3n) is 2.39. The fraction of sp³-hybridized carbons (Fsp3) is 0.125. The Hall–Kier alpha value is -1.76. The van der Waals surface area contributed by atoms with E-state index in [2.05, 4.69) is 9.47 Å². The monoisotopic (exact) mass is 443 g/mol. The molecule has 2 aromatic carbocycles.